The van der Waals surface area contributed by atoms with Crippen LogP contribution in [0.5, 0.6) is 0 Å². The Morgan fingerprint density at radius 1 is 1.20 bits per heavy atom. The first-order chi connectivity index (χ1) is 9.70. The van der Waals surface area contributed by atoms with E-state index in [9.17, 15) is 5.11 Å². The standard InChI is InChI=1S/C15H18ClN3O/c16-13-7-5-12(6-8-13)15(20)9-3-1-2-4-14(15)19-11-17-10-18-19/h5-8,10-11,14,20H,1-4,9H2/t14?,15-/m0/s1. The summed E-state index contributed by atoms with van der Waals surface area (Å²) in [7, 11) is 0. The molecule has 0 bridgehead atoms. The molecule has 1 aromatic heterocycles. The minimum atomic E-state index is -0.908. The van der Waals surface area contributed by atoms with Crippen LogP contribution in [0.4, 0.5) is 0 Å². The lowest BCUT2D eigenvalue weighted by Crippen LogP contribution is -2.36. The molecule has 0 amide bonds. The predicted octanol–water partition coefficient (Wildman–Crippen LogP) is 3.32. The number of halogens is 1. The van der Waals surface area contributed by atoms with Crippen LogP contribution in [-0.2, 0) is 5.60 Å². The summed E-state index contributed by atoms with van der Waals surface area (Å²) in [5, 5.41) is 16.2. The molecule has 0 radical (unpaired) electrons. The van der Waals surface area contributed by atoms with Gasteiger partial charge in [-0.05, 0) is 30.5 Å². The minimum absolute atomic E-state index is 0.0753. The Bertz CT molecular complexity index is 555. The second-order valence-corrected chi connectivity index (χ2v) is 5.86. The van der Waals surface area contributed by atoms with Crippen molar-refractivity contribution < 1.29 is 5.11 Å². The molecule has 1 fully saturated rings. The van der Waals surface area contributed by atoms with Crippen LogP contribution in [0.25, 0.3) is 0 Å². The van der Waals surface area contributed by atoms with Gasteiger partial charge in [-0.2, -0.15) is 5.10 Å². The normalized spacial score (nSPS) is 27.2. The molecule has 1 aromatic carbocycles. The molecule has 20 heavy (non-hydrogen) atoms. The van der Waals surface area contributed by atoms with Gasteiger partial charge in [-0.3, -0.25) is 0 Å². The van der Waals surface area contributed by atoms with Gasteiger partial charge in [0.05, 0.1) is 6.04 Å². The van der Waals surface area contributed by atoms with Gasteiger partial charge in [-0.25, -0.2) is 9.67 Å². The molecule has 1 aliphatic rings. The quantitative estimate of drug-likeness (QED) is 0.864. The van der Waals surface area contributed by atoms with Gasteiger partial charge in [0.15, 0.2) is 0 Å². The topological polar surface area (TPSA) is 50.9 Å². The van der Waals surface area contributed by atoms with Crippen molar-refractivity contribution >= 4 is 11.6 Å². The maximum absolute atomic E-state index is 11.3. The third-order valence-corrected chi connectivity index (χ3v) is 4.44. The van der Waals surface area contributed by atoms with Crippen LogP contribution in [-0.4, -0.2) is 19.9 Å². The van der Waals surface area contributed by atoms with Crippen molar-refractivity contribution in [1.29, 1.82) is 0 Å². The van der Waals surface area contributed by atoms with Gasteiger partial charge in [0.25, 0.3) is 0 Å². The molecule has 106 valence electrons. The van der Waals surface area contributed by atoms with Crippen LogP contribution < -0.4 is 0 Å². The summed E-state index contributed by atoms with van der Waals surface area (Å²) >= 11 is 5.95. The van der Waals surface area contributed by atoms with Crippen LogP contribution in [0.3, 0.4) is 0 Å². The lowest BCUT2D eigenvalue weighted by atomic mass is 9.82. The van der Waals surface area contributed by atoms with Gasteiger partial charge < -0.3 is 5.11 Å². The Morgan fingerprint density at radius 3 is 2.70 bits per heavy atom. The summed E-state index contributed by atoms with van der Waals surface area (Å²) in [4.78, 5) is 4.02. The lowest BCUT2D eigenvalue weighted by Gasteiger charge is -2.35. The zero-order chi connectivity index (χ0) is 14.0. The number of aliphatic hydroxyl groups is 1. The highest BCUT2D eigenvalue weighted by Crippen LogP contribution is 2.43. The Kier molecular flexibility index (Phi) is 3.76. The third-order valence-electron chi connectivity index (χ3n) is 4.19. The number of hydrogen-bond donors (Lipinski definition) is 1. The Hall–Kier alpha value is -1.39. The molecular weight excluding hydrogens is 274 g/mol. The molecule has 4 nitrogen and oxygen atoms in total. The molecule has 1 saturated carbocycles. The predicted molar refractivity (Wildman–Crippen MR) is 77.5 cm³/mol. The highest BCUT2D eigenvalue weighted by Gasteiger charge is 2.40. The fourth-order valence-corrected chi connectivity index (χ4v) is 3.24. The highest BCUT2D eigenvalue weighted by atomic mass is 35.5. The van der Waals surface area contributed by atoms with Crippen LogP contribution in [0.15, 0.2) is 36.9 Å². The van der Waals surface area contributed by atoms with Crippen LogP contribution >= 0.6 is 11.6 Å². The molecule has 1 N–H and O–H groups in total. The SMILES string of the molecule is O[C@]1(c2ccc(Cl)cc2)CCCCCC1n1cncn1. The Labute approximate surface area is 123 Å². The zero-order valence-electron chi connectivity index (χ0n) is 11.2. The van der Waals surface area contributed by atoms with E-state index in [0.717, 1.165) is 37.7 Å². The van der Waals surface area contributed by atoms with E-state index in [1.165, 1.54) is 6.33 Å². The van der Waals surface area contributed by atoms with Gasteiger partial charge in [-0.15, -0.1) is 0 Å². The average molecular weight is 292 g/mol. The molecule has 0 saturated heterocycles. The number of hydrogen-bond acceptors (Lipinski definition) is 3. The maximum Gasteiger partial charge on any atom is 0.137 e. The zero-order valence-corrected chi connectivity index (χ0v) is 12.0. The Balaban J connectivity index is 2.02. The van der Waals surface area contributed by atoms with E-state index in [2.05, 4.69) is 10.1 Å². The van der Waals surface area contributed by atoms with Crippen LogP contribution in [0.1, 0.15) is 43.7 Å². The molecule has 0 spiro atoms. The molecular formula is C15H18ClN3O. The van der Waals surface area contributed by atoms with Crippen molar-refractivity contribution in [3.05, 3.63) is 47.5 Å². The first-order valence-electron chi connectivity index (χ1n) is 7.03. The summed E-state index contributed by atoms with van der Waals surface area (Å²) in [6.07, 6.45) is 8.11. The van der Waals surface area contributed by atoms with Crippen molar-refractivity contribution in [2.24, 2.45) is 0 Å². The largest absolute Gasteiger partial charge is 0.383 e. The molecule has 0 aliphatic heterocycles. The van der Waals surface area contributed by atoms with E-state index in [1.807, 2.05) is 24.3 Å². The van der Waals surface area contributed by atoms with Crippen molar-refractivity contribution in [3.63, 3.8) is 0 Å². The van der Waals surface area contributed by atoms with Crippen LogP contribution in [0.2, 0.25) is 5.02 Å². The summed E-state index contributed by atoms with van der Waals surface area (Å²) in [6.45, 7) is 0. The monoisotopic (exact) mass is 291 g/mol. The fourth-order valence-electron chi connectivity index (χ4n) is 3.12. The first-order valence-corrected chi connectivity index (χ1v) is 7.40. The second kappa shape index (κ2) is 5.54. The highest BCUT2D eigenvalue weighted by molar-refractivity contribution is 6.30. The molecule has 1 aliphatic carbocycles. The Morgan fingerprint density at radius 2 is 2.00 bits per heavy atom. The summed E-state index contributed by atoms with van der Waals surface area (Å²) in [5.41, 5.74) is -0.00119. The maximum atomic E-state index is 11.3. The van der Waals surface area contributed by atoms with E-state index in [-0.39, 0.29) is 6.04 Å². The van der Waals surface area contributed by atoms with Crippen molar-refractivity contribution in [2.75, 3.05) is 0 Å². The molecule has 1 unspecified atom stereocenters. The van der Waals surface area contributed by atoms with Crippen molar-refractivity contribution in [3.8, 4) is 0 Å². The van der Waals surface area contributed by atoms with Gasteiger partial charge in [0.2, 0.25) is 0 Å². The van der Waals surface area contributed by atoms with E-state index in [0.29, 0.717) is 5.02 Å². The third kappa shape index (κ3) is 2.45. The van der Waals surface area contributed by atoms with Gasteiger partial charge in [0.1, 0.15) is 18.3 Å². The number of nitrogens with zero attached hydrogens (tertiary/aromatic N) is 3. The molecule has 2 aromatic rings. The number of benzene rings is 1. The van der Waals surface area contributed by atoms with Gasteiger partial charge >= 0.3 is 0 Å². The van der Waals surface area contributed by atoms with Gasteiger partial charge in [-0.1, -0.05) is 43.0 Å². The summed E-state index contributed by atoms with van der Waals surface area (Å²) in [5.74, 6) is 0. The van der Waals surface area contributed by atoms with E-state index < -0.39 is 5.60 Å². The molecule has 3 rings (SSSR count). The lowest BCUT2D eigenvalue weighted by molar-refractivity contribution is -0.0286. The average Bonchev–Trinajstić information content (AvgIpc) is 2.90. The van der Waals surface area contributed by atoms with E-state index >= 15 is 0 Å². The first kappa shape index (κ1) is 13.6. The second-order valence-electron chi connectivity index (χ2n) is 5.42. The smallest absolute Gasteiger partial charge is 0.137 e. The van der Waals surface area contributed by atoms with E-state index in [4.69, 9.17) is 11.6 Å². The fraction of sp³-hybridized carbons (Fsp3) is 0.467. The van der Waals surface area contributed by atoms with Crippen molar-refractivity contribution in [2.45, 2.75) is 43.7 Å². The van der Waals surface area contributed by atoms with Gasteiger partial charge in [0, 0.05) is 5.02 Å². The number of rotatable bonds is 2. The minimum Gasteiger partial charge on any atom is -0.383 e. The summed E-state index contributed by atoms with van der Waals surface area (Å²) in [6, 6.07) is 7.42. The van der Waals surface area contributed by atoms with Crippen LogP contribution in [0, 0.1) is 0 Å². The number of aromatic nitrogens is 3. The molecule has 1 heterocycles. The van der Waals surface area contributed by atoms with E-state index in [1.54, 1.807) is 11.0 Å². The molecule has 5 heteroatoms. The molecule has 2 atom stereocenters. The van der Waals surface area contributed by atoms with Crippen molar-refractivity contribution in [1.82, 2.24) is 14.8 Å². The summed E-state index contributed by atoms with van der Waals surface area (Å²) < 4.78 is 1.79.